The molecule has 78 valence electrons. The first-order chi connectivity index (χ1) is 6.14. The number of piperidine rings is 1. The third-order valence-electron chi connectivity index (χ3n) is 4.23. The van der Waals surface area contributed by atoms with Gasteiger partial charge in [0.25, 0.3) is 0 Å². The number of hydrogen-bond acceptors (Lipinski definition) is 1. The van der Waals surface area contributed by atoms with Gasteiger partial charge in [0.1, 0.15) is 0 Å². The molecule has 0 unspecified atom stereocenters. The largest absolute Gasteiger partial charge is 0.304 e. The average molecular weight is 183 g/mol. The van der Waals surface area contributed by atoms with Crippen molar-refractivity contribution < 1.29 is 0 Å². The highest BCUT2D eigenvalue weighted by atomic mass is 15.1. The maximum Gasteiger partial charge on any atom is -0.00135 e. The van der Waals surface area contributed by atoms with Gasteiger partial charge in [-0.2, -0.15) is 0 Å². The fourth-order valence-corrected chi connectivity index (χ4v) is 2.65. The predicted molar refractivity (Wildman–Crippen MR) is 58.9 cm³/mol. The quantitative estimate of drug-likeness (QED) is 0.649. The Kier molecular flexibility index (Phi) is 3.78. The summed E-state index contributed by atoms with van der Waals surface area (Å²) in [5.41, 5.74) is 0.658. The zero-order valence-electron chi connectivity index (χ0n) is 9.77. The molecule has 1 nitrogen and oxygen atoms in total. The summed E-state index contributed by atoms with van der Waals surface area (Å²) in [5, 5.41) is 0. The van der Waals surface area contributed by atoms with Crippen molar-refractivity contribution in [3.63, 3.8) is 0 Å². The Morgan fingerprint density at radius 3 is 2.00 bits per heavy atom. The molecule has 0 bridgehead atoms. The molecule has 0 aromatic heterocycles. The van der Waals surface area contributed by atoms with E-state index >= 15 is 0 Å². The van der Waals surface area contributed by atoms with Crippen LogP contribution in [0, 0.1) is 11.3 Å². The molecule has 0 N–H and O–H groups in total. The summed E-state index contributed by atoms with van der Waals surface area (Å²) >= 11 is 0. The van der Waals surface area contributed by atoms with Gasteiger partial charge in [-0.25, -0.2) is 0 Å². The van der Waals surface area contributed by atoms with Gasteiger partial charge < -0.3 is 4.90 Å². The summed E-state index contributed by atoms with van der Waals surface area (Å²) in [7, 11) is 0. The molecule has 1 aliphatic rings. The van der Waals surface area contributed by atoms with E-state index in [4.69, 9.17) is 0 Å². The van der Waals surface area contributed by atoms with Gasteiger partial charge in [-0.15, -0.1) is 0 Å². The molecule has 0 radical (unpaired) electrons. The second-order valence-corrected chi connectivity index (χ2v) is 4.80. The molecule has 0 amide bonds. The SMILES string of the molecule is CCN1CCC(CC)(C(C)C)CC1. The van der Waals surface area contributed by atoms with Gasteiger partial charge in [-0.05, 0) is 43.8 Å². The van der Waals surface area contributed by atoms with E-state index in [2.05, 4.69) is 32.6 Å². The Hall–Kier alpha value is -0.0400. The molecule has 0 atom stereocenters. The van der Waals surface area contributed by atoms with Crippen LogP contribution in [0.3, 0.4) is 0 Å². The summed E-state index contributed by atoms with van der Waals surface area (Å²) in [6.07, 6.45) is 4.19. The first-order valence-electron chi connectivity index (χ1n) is 5.87. The van der Waals surface area contributed by atoms with Gasteiger partial charge >= 0.3 is 0 Å². The standard InChI is InChI=1S/C12H25N/c1-5-12(11(3)4)7-9-13(6-2)10-8-12/h11H,5-10H2,1-4H3. The third kappa shape index (κ3) is 2.25. The van der Waals surface area contributed by atoms with Crippen molar-refractivity contribution in [2.24, 2.45) is 11.3 Å². The van der Waals surface area contributed by atoms with E-state index in [1.54, 1.807) is 0 Å². The van der Waals surface area contributed by atoms with E-state index < -0.39 is 0 Å². The number of rotatable bonds is 3. The predicted octanol–water partition coefficient (Wildman–Crippen LogP) is 3.15. The lowest BCUT2D eigenvalue weighted by atomic mass is 9.68. The third-order valence-corrected chi connectivity index (χ3v) is 4.23. The smallest absolute Gasteiger partial charge is 0.00135 e. The molecule has 1 fully saturated rings. The molecular formula is C12H25N. The summed E-state index contributed by atoms with van der Waals surface area (Å²) in [5.74, 6) is 0.858. The minimum absolute atomic E-state index is 0.658. The molecule has 1 saturated heterocycles. The van der Waals surface area contributed by atoms with Crippen LogP contribution in [0.4, 0.5) is 0 Å². The van der Waals surface area contributed by atoms with E-state index in [1.807, 2.05) is 0 Å². The minimum Gasteiger partial charge on any atom is -0.304 e. The van der Waals surface area contributed by atoms with E-state index in [0.29, 0.717) is 5.41 Å². The van der Waals surface area contributed by atoms with Crippen molar-refractivity contribution in [3.8, 4) is 0 Å². The van der Waals surface area contributed by atoms with Crippen LogP contribution in [0.1, 0.15) is 47.0 Å². The van der Waals surface area contributed by atoms with Crippen molar-refractivity contribution in [3.05, 3.63) is 0 Å². The number of hydrogen-bond donors (Lipinski definition) is 0. The van der Waals surface area contributed by atoms with Crippen molar-refractivity contribution in [2.45, 2.75) is 47.0 Å². The van der Waals surface area contributed by atoms with Crippen LogP contribution >= 0.6 is 0 Å². The normalized spacial score (nSPS) is 23.8. The Labute approximate surface area is 83.5 Å². The van der Waals surface area contributed by atoms with Crippen LogP contribution in [0.25, 0.3) is 0 Å². The summed E-state index contributed by atoms with van der Waals surface area (Å²) in [6.45, 7) is 13.3. The van der Waals surface area contributed by atoms with E-state index in [1.165, 1.54) is 38.9 Å². The molecule has 0 aromatic rings. The van der Waals surface area contributed by atoms with Crippen LogP contribution < -0.4 is 0 Å². The first kappa shape index (κ1) is 11.0. The monoisotopic (exact) mass is 183 g/mol. The maximum atomic E-state index is 2.58. The van der Waals surface area contributed by atoms with E-state index in [9.17, 15) is 0 Å². The van der Waals surface area contributed by atoms with E-state index in [-0.39, 0.29) is 0 Å². The van der Waals surface area contributed by atoms with Gasteiger partial charge in [0.15, 0.2) is 0 Å². The molecule has 13 heavy (non-hydrogen) atoms. The lowest BCUT2D eigenvalue weighted by molar-refractivity contribution is 0.0604. The zero-order valence-corrected chi connectivity index (χ0v) is 9.77. The zero-order chi connectivity index (χ0) is 9.90. The summed E-state index contributed by atoms with van der Waals surface area (Å²) in [4.78, 5) is 2.58. The van der Waals surface area contributed by atoms with Crippen molar-refractivity contribution >= 4 is 0 Å². The average Bonchev–Trinajstić information content (AvgIpc) is 2.17. The Morgan fingerprint density at radius 2 is 1.69 bits per heavy atom. The van der Waals surface area contributed by atoms with Gasteiger partial charge in [-0.1, -0.05) is 34.1 Å². The number of nitrogens with zero attached hydrogens (tertiary/aromatic N) is 1. The van der Waals surface area contributed by atoms with Crippen LogP contribution in [-0.2, 0) is 0 Å². The fourth-order valence-electron chi connectivity index (χ4n) is 2.65. The summed E-state index contributed by atoms with van der Waals surface area (Å²) in [6, 6.07) is 0. The highest BCUT2D eigenvalue weighted by Gasteiger charge is 2.34. The molecule has 1 heteroatoms. The Balaban J connectivity index is 2.53. The highest BCUT2D eigenvalue weighted by molar-refractivity contribution is 4.86. The van der Waals surface area contributed by atoms with E-state index in [0.717, 1.165) is 5.92 Å². The van der Waals surface area contributed by atoms with Gasteiger partial charge in [0.05, 0.1) is 0 Å². The highest BCUT2D eigenvalue weighted by Crippen LogP contribution is 2.41. The topological polar surface area (TPSA) is 3.24 Å². The van der Waals surface area contributed by atoms with Gasteiger partial charge in [0, 0.05) is 0 Å². The molecule has 0 aliphatic carbocycles. The van der Waals surface area contributed by atoms with Gasteiger partial charge in [0.2, 0.25) is 0 Å². The second kappa shape index (κ2) is 4.45. The minimum atomic E-state index is 0.658. The lowest BCUT2D eigenvalue weighted by Crippen LogP contribution is -2.42. The fraction of sp³-hybridized carbons (Fsp3) is 1.00. The first-order valence-corrected chi connectivity index (χ1v) is 5.87. The maximum absolute atomic E-state index is 2.58. The second-order valence-electron chi connectivity index (χ2n) is 4.80. The molecule has 0 spiro atoms. The molecule has 1 heterocycles. The van der Waals surface area contributed by atoms with Gasteiger partial charge in [-0.3, -0.25) is 0 Å². The van der Waals surface area contributed by atoms with Crippen molar-refractivity contribution in [1.29, 1.82) is 0 Å². The molecule has 0 aromatic carbocycles. The Morgan fingerprint density at radius 1 is 1.15 bits per heavy atom. The summed E-state index contributed by atoms with van der Waals surface area (Å²) < 4.78 is 0. The van der Waals surface area contributed by atoms with Crippen LogP contribution in [0.2, 0.25) is 0 Å². The van der Waals surface area contributed by atoms with Crippen LogP contribution in [0.15, 0.2) is 0 Å². The number of likely N-dealkylation sites (tertiary alicyclic amines) is 1. The Bertz CT molecular complexity index is 143. The molecule has 0 saturated carbocycles. The molecule has 1 rings (SSSR count). The van der Waals surface area contributed by atoms with Crippen LogP contribution in [-0.4, -0.2) is 24.5 Å². The molecule has 1 aliphatic heterocycles. The van der Waals surface area contributed by atoms with Crippen molar-refractivity contribution in [2.75, 3.05) is 19.6 Å². The molecular weight excluding hydrogens is 158 g/mol. The lowest BCUT2D eigenvalue weighted by Gasteiger charge is -2.44. The van der Waals surface area contributed by atoms with Crippen molar-refractivity contribution in [1.82, 2.24) is 4.90 Å². The van der Waals surface area contributed by atoms with Crippen LogP contribution in [0.5, 0.6) is 0 Å².